The molecule has 2 heterocycles. The lowest BCUT2D eigenvalue weighted by molar-refractivity contribution is 1.15. The predicted molar refractivity (Wildman–Crippen MR) is 194 cm³/mol. The van der Waals surface area contributed by atoms with E-state index in [1.54, 1.807) is 6.20 Å². The van der Waals surface area contributed by atoms with Crippen LogP contribution in [0.15, 0.2) is 106 Å². The number of nitrogens with one attached hydrogen (secondary N) is 5. The van der Waals surface area contributed by atoms with Gasteiger partial charge in [0.2, 0.25) is 0 Å². The van der Waals surface area contributed by atoms with E-state index >= 15 is 0 Å². The third-order valence-electron chi connectivity index (χ3n) is 7.52. The van der Waals surface area contributed by atoms with Crippen molar-refractivity contribution < 1.29 is 0 Å². The number of hydrogen-bond acceptors (Lipinski definition) is 8. The highest BCUT2D eigenvalue weighted by atomic mass is 32.2. The molecule has 0 aliphatic rings. The molecule has 6 aromatic rings. The molecule has 0 amide bonds. The van der Waals surface area contributed by atoms with Gasteiger partial charge in [0.1, 0.15) is 11.8 Å². The van der Waals surface area contributed by atoms with Crippen LogP contribution in [0.1, 0.15) is 33.4 Å². The van der Waals surface area contributed by atoms with Gasteiger partial charge in [0.05, 0.1) is 33.5 Å². The number of H-pyrrole nitrogens is 2. The van der Waals surface area contributed by atoms with Crippen molar-refractivity contribution in [2.45, 2.75) is 23.6 Å². The summed E-state index contributed by atoms with van der Waals surface area (Å²) in [6.07, 6.45) is 4.99. The van der Waals surface area contributed by atoms with Gasteiger partial charge < -0.3 is 25.1 Å². The van der Waals surface area contributed by atoms with Crippen LogP contribution < -0.4 is 15.2 Å². The molecule has 228 valence electrons. The lowest BCUT2D eigenvalue weighted by atomic mass is 10.1. The molecule has 47 heavy (non-hydrogen) atoms. The maximum Gasteiger partial charge on any atom is 0.108 e. The van der Waals surface area contributed by atoms with Gasteiger partial charge in [-0.1, -0.05) is 36.1 Å². The molecule has 7 N–H and O–H groups in total. The maximum atomic E-state index is 9.41. The number of aryl methyl sites for hydroxylation is 2. The number of aromatic nitrogens is 2. The standard InChI is InChI=1S/C37H28N8S2/c1-23-7-17-31(44-47-30-15-11-26(12-16-30)33(20-39)43-40)36-34(23)27(21-41-36)6-4-3-5-25-9-13-29(14-10-25)46-45-32-18-8-24(2)35-28(19-38)22-42-37(32)35/h7-18,20-22,40-42,44-45H,39H2,1-2H3/b33-20-,43-40?. The predicted octanol–water partition coefficient (Wildman–Crippen LogP) is 9.07. The molecule has 0 saturated heterocycles. The molecule has 0 fully saturated rings. The highest BCUT2D eigenvalue weighted by Crippen LogP contribution is 2.33. The molecular weight excluding hydrogens is 621 g/mol. The summed E-state index contributed by atoms with van der Waals surface area (Å²) >= 11 is 2.99. The Balaban J connectivity index is 1.10. The van der Waals surface area contributed by atoms with Crippen LogP contribution in [-0.4, -0.2) is 9.97 Å². The van der Waals surface area contributed by atoms with Gasteiger partial charge in [-0.25, -0.2) is 5.53 Å². The highest BCUT2D eigenvalue weighted by molar-refractivity contribution is 8.00. The minimum atomic E-state index is 0.426. The van der Waals surface area contributed by atoms with E-state index in [0.29, 0.717) is 11.3 Å². The summed E-state index contributed by atoms with van der Waals surface area (Å²) in [4.78, 5) is 8.64. The van der Waals surface area contributed by atoms with Crippen molar-refractivity contribution in [1.29, 1.82) is 10.8 Å². The first-order valence-electron chi connectivity index (χ1n) is 14.5. The van der Waals surface area contributed by atoms with Crippen molar-refractivity contribution in [2.24, 2.45) is 10.8 Å². The maximum absolute atomic E-state index is 9.41. The Labute approximate surface area is 281 Å². The van der Waals surface area contributed by atoms with E-state index in [-0.39, 0.29) is 0 Å². The molecular formula is C37H28N8S2. The largest absolute Gasteiger partial charge is 0.403 e. The molecule has 4 aromatic carbocycles. The zero-order valence-electron chi connectivity index (χ0n) is 25.4. The monoisotopic (exact) mass is 648 g/mol. The van der Waals surface area contributed by atoms with Crippen molar-refractivity contribution in [2.75, 3.05) is 9.44 Å². The van der Waals surface area contributed by atoms with Crippen LogP contribution in [-0.2, 0) is 0 Å². The molecule has 0 saturated carbocycles. The number of benzene rings is 4. The van der Waals surface area contributed by atoms with E-state index < -0.39 is 0 Å². The van der Waals surface area contributed by atoms with Gasteiger partial charge in [0.15, 0.2) is 0 Å². The fourth-order valence-corrected chi connectivity index (χ4v) is 6.47. The molecule has 0 aliphatic heterocycles. The zero-order valence-corrected chi connectivity index (χ0v) is 27.1. The van der Waals surface area contributed by atoms with Gasteiger partial charge in [-0.15, -0.1) is 0 Å². The van der Waals surface area contributed by atoms with Gasteiger partial charge in [-0.3, -0.25) is 0 Å². The smallest absolute Gasteiger partial charge is 0.108 e. The second-order valence-electron chi connectivity index (χ2n) is 10.5. The van der Waals surface area contributed by atoms with E-state index in [9.17, 15) is 5.26 Å². The topological polar surface area (TPSA) is 142 Å². The van der Waals surface area contributed by atoms with Crippen LogP contribution in [0.25, 0.3) is 27.5 Å². The first-order chi connectivity index (χ1) is 23.0. The van der Waals surface area contributed by atoms with Crippen LogP contribution in [0.3, 0.4) is 0 Å². The van der Waals surface area contributed by atoms with Crippen molar-refractivity contribution in [3.63, 3.8) is 0 Å². The van der Waals surface area contributed by atoms with E-state index in [0.717, 1.165) is 70.8 Å². The molecule has 0 radical (unpaired) electrons. The van der Waals surface area contributed by atoms with Crippen LogP contribution in [0.5, 0.6) is 0 Å². The number of hydrogen-bond donors (Lipinski definition) is 6. The number of anilines is 2. The van der Waals surface area contributed by atoms with Crippen LogP contribution in [0, 0.1) is 54.4 Å². The normalized spacial score (nSPS) is 10.9. The second kappa shape index (κ2) is 14.0. The van der Waals surface area contributed by atoms with Crippen LogP contribution in [0.2, 0.25) is 0 Å². The van der Waals surface area contributed by atoms with E-state index in [4.69, 9.17) is 11.3 Å². The van der Waals surface area contributed by atoms with E-state index in [1.165, 1.54) is 30.1 Å². The Bertz CT molecular complexity index is 2320. The average molecular weight is 649 g/mol. The number of fused-ring (bicyclic) bond motifs is 2. The number of nitrogens with two attached hydrogens (primary N) is 1. The van der Waals surface area contributed by atoms with Crippen molar-refractivity contribution in [3.05, 3.63) is 125 Å². The van der Waals surface area contributed by atoms with Crippen LogP contribution in [0.4, 0.5) is 11.4 Å². The summed E-state index contributed by atoms with van der Waals surface area (Å²) in [5.41, 5.74) is 22.3. The number of aromatic amines is 2. The summed E-state index contributed by atoms with van der Waals surface area (Å²) < 4.78 is 6.84. The fraction of sp³-hybridized carbons (Fsp3) is 0.0541. The summed E-state index contributed by atoms with van der Waals surface area (Å²) in [7, 11) is 0. The number of nitriles is 1. The van der Waals surface area contributed by atoms with Gasteiger partial charge >= 0.3 is 0 Å². The van der Waals surface area contributed by atoms with Crippen molar-refractivity contribution in [3.8, 4) is 29.8 Å². The molecule has 0 atom stereocenters. The molecule has 0 bridgehead atoms. The van der Waals surface area contributed by atoms with E-state index in [2.05, 4.69) is 67.3 Å². The highest BCUT2D eigenvalue weighted by Gasteiger charge is 2.11. The number of nitrogens with zero attached hydrogens (tertiary/aromatic N) is 2. The Morgan fingerprint density at radius 2 is 1.30 bits per heavy atom. The molecule has 2 aromatic heterocycles. The Hall–Kier alpha value is -5.99. The lowest BCUT2D eigenvalue weighted by Crippen LogP contribution is -1.91. The van der Waals surface area contributed by atoms with E-state index in [1.807, 2.05) is 79.9 Å². The Kier molecular flexibility index (Phi) is 9.22. The fourth-order valence-electron chi connectivity index (χ4n) is 5.13. The lowest BCUT2D eigenvalue weighted by Gasteiger charge is -2.09. The molecule has 8 nitrogen and oxygen atoms in total. The molecule has 0 aliphatic carbocycles. The van der Waals surface area contributed by atoms with Gasteiger partial charge in [-0.05, 0) is 109 Å². The summed E-state index contributed by atoms with van der Waals surface area (Å²) in [5, 5.41) is 14.9. The number of rotatable bonds is 8. The van der Waals surface area contributed by atoms with Crippen molar-refractivity contribution >= 4 is 62.8 Å². The minimum absolute atomic E-state index is 0.426. The van der Waals surface area contributed by atoms with Gasteiger partial charge in [0.25, 0.3) is 0 Å². The van der Waals surface area contributed by atoms with Crippen LogP contribution >= 0.6 is 23.9 Å². The third kappa shape index (κ3) is 6.68. The zero-order chi connectivity index (χ0) is 32.8. The first-order valence-corrected chi connectivity index (χ1v) is 16.1. The third-order valence-corrected chi connectivity index (χ3v) is 9.17. The molecule has 6 rings (SSSR count). The van der Waals surface area contributed by atoms with Gasteiger partial charge in [-0.2, -0.15) is 10.4 Å². The SMILES string of the molecule is Cc1ccc(NSc2ccc(C#CC#Cc3c[nH]c4c(NSc5ccc(/C(=C/N)N=N)cc5)ccc(C)c34)cc2)c2[nH]cc(C#N)c12. The second-order valence-corrected chi connectivity index (χ2v) is 12.3. The first kappa shape index (κ1) is 31.0. The summed E-state index contributed by atoms with van der Waals surface area (Å²) in [5.74, 6) is 12.4. The van der Waals surface area contributed by atoms with Crippen molar-refractivity contribution in [1.82, 2.24) is 9.97 Å². The minimum Gasteiger partial charge on any atom is -0.403 e. The molecule has 0 unspecified atom stereocenters. The Morgan fingerprint density at radius 1 is 0.766 bits per heavy atom. The molecule has 0 spiro atoms. The Morgan fingerprint density at radius 3 is 1.85 bits per heavy atom. The molecule has 10 heteroatoms. The van der Waals surface area contributed by atoms with Gasteiger partial charge in [0, 0.05) is 50.3 Å². The summed E-state index contributed by atoms with van der Waals surface area (Å²) in [6, 6.07) is 26.1. The summed E-state index contributed by atoms with van der Waals surface area (Å²) in [6.45, 7) is 4.08. The quantitative estimate of drug-likeness (QED) is 0.0552. The average Bonchev–Trinajstić information content (AvgIpc) is 3.74.